The molecule has 0 unspecified atom stereocenters. The maximum Gasteiger partial charge on any atom is 0.319 e. The maximum absolute atomic E-state index is 12.0. The van der Waals surface area contributed by atoms with Gasteiger partial charge in [-0.2, -0.15) is 0 Å². The predicted octanol–water partition coefficient (Wildman–Crippen LogP) is 2.43. The van der Waals surface area contributed by atoms with Gasteiger partial charge in [0, 0.05) is 26.1 Å². The van der Waals surface area contributed by atoms with Crippen molar-refractivity contribution in [2.75, 3.05) is 30.4 Å². The van der Waals surface area contributed by atoms with E-state index in [4.69, 9.17) is 0 Å². The van der Waals surface area contributed by atoms with Crippen molar-refractivity contribution in [2.45, 2.75) is 32.3 Å². The summed E-state index contributed by atoms with van der Waals surface area (Å²) in [6.45, 7) is 3.46. The van der Waals surface area contributed by atoms with E-state index in [1.165, 1.54) is 0 Å². The Bertz CT molecular complexity index is 478. The van der Waals surface area contributed by atoms with Crippen LogP contribution in [0.1, 0.15) is 26.2 Å². The minimum atomic E-state index is -0.274. The summed E-state index contributed by atoms with van der Waals surface area (Å²) in [6, 6.07) is 7.53. The van der Waals surface area contributed by atoms with E-state index in [-0.39, 0.29) is 18.1 Å². The largest absolute Gasteiger partial charge is 0.393 e. The van der Waals surface area contributed by atoms with Crippen LogP contribution in [0.5, 0.6) is 0 Å². The summed E-state index contributed by atoms with van der Waals surface area (Å²) in [4.78, 5) is 14.1. The van der Waals surface area contributed by atoms with Gasteiger partial charge in [-0.3, -0.25) is 0 Å². The van der Waals surface area contributed by atoms with Gasteiger partial charge in [0.05, 0.1) is 17.5 Å². The van der Waals surface area contributed by atoms with Crippen LogP contribution in [0.25, 0.3) is 0 Å². The highest BCUT2D eigenvalue weighted by atomic mass is 16.3. The van der Waals surface area contributed by atoms with Crippen molar-refractivity contribution in [3.05, 3.63) is 24.3 Å². The van der Waals surface area contributed by atoms with Crippen molar-refractivity contribution in [1.82, 2.24) is 5.32 Å². The van der Waals surface area contributed by atoms with Crippen molar-refractivity contribution >= 4 is 17.4 Å². The summed E-state index contributed by atoms with van der Waals surface area (Å²) in [5, 5.41) is 15.5. The van der Waals surface area contributed by atoms with Gasteiger partial charge in [-0.25, -0.2) is 4.79 Å². The Morgan fingerprint density at radius 3 is 2.81 bits per heavy atom. The average Bonchev–Trinajstić information content (AvgIpc) is 2.90. The minimum absolute atomic E-state index is 0.185. The van der Waals surface area contributed by atoms with Crippen molar-refractivity contribution in [3.63, 3.8) is 0 Å². The van der Waals surface area contributed by atoms with Crippen LogP contribution in [-0.4, -0.2) is 37.4 Å². The Morgan fingerprint density at radius 1 is 1.38 bits per heavy atom. The zero-order chi connectivity index (χ0) is 15.2. The van der Waals surface area contributed by atoms with Crippen LogP contribution in [0.3, 0.4) is 0 Å². The standard InChI is InChI=1S/C16H25N3O2/c1-3-19(2)14-9-5-4-8-13(14)18-16(21)17-11-12-7-6-10-15(12)20/h4-5,8-9,12,15,20H,3,6-7,10-11H2,1-2H3,(H2,17,18,21)/t12-,15+/m1/s1. The Labute approximate surface area is 126 Å². The molecule has 1 aliphatic carbocycles. The number of nitrogens with zero attached hydrogens (tertiary/aromatic N) is 1. The summed E-state index contributed by atoms with van der Waals surface area (Å²) in [5.41, 5.74) is 1.79. The van der Waals surface area contributed by atoms with Gasteiger partial charge >= 0.3 is 6.03 Å². The van der Waals surface area contributed by atoms with Gasteiger partial charge in [0.2, 0.25) is 0 Å². The maximum atomic E-state index is 12.0. The predicted molar refractivity (Wildman–Crippen MR) is 85.8 cm³/mol. The number of benzene rings is 1. The lowest BCUT2D eigenvalue weighted by atomic mass is 10.1. The molecule has 5 nitrogen and oxygen atoms in total. The van der Waals surface area contributed by atoms with Crippen molar-refractivity contribution < 1.29 is 9.90 Å². The molecule has 1 fully saturated rings. The molecule has 0 heterocycles. The molecule has 1 aromatic carbocycles. The fourth-order valence-electron chi connectivity index (χ4n) is 2.73. The molecule has 1 saturated carbocycles. The Kier molecular flexibility index (Phi) is 5.44. The second kappa shape index (κ2) is 7.31. The first-order chi connectivity index (χ1) is 10.1. The van der Waals surface area contributed by atoms with E-state index in [9.17, 15) is 9.90 Å². The van der Waals surface area contributed by atoms with Crippen LogP contribution in [0.4, 0.5) is 16.2 Å². The van der Waals surface area contributed by atoms with Crippen LogP contribution >= 0.6 is 0 Å². The topological polar surface area (TPSA) is 64.6 Å². The molecule has 5 heteroatoms. The molecule has 2 amide bonds. The molecule has 0 aliphatic heterocycles. The van der Waals surface area contributed by atoms with E-state index >= 15 is 0 Å². The molecule has 1 aromatic rings. The summed E-state index contributed by atoms with van der Waals surface area (Å²) >= 11 is 0. The fourth-order valence-corrected chi connectivity index (χ4v) is 2.73. The Balaban J connectivity index is 1.90. The normalized spacial score (nSPS) is 21.1. The van der Waals surface area contributed by atoms with Crippen LogP contribution in [0, 0.1) is 5.92 Å². The molecule has 0 radical (unpaired) electrons. The van der Waals surface area contributed by atoms with Crippen molar-refractivity contribution in [1.29, 1.82) is 0 Å². The number of urea groups is 1. The highest BCUT2D eigenvalue weighted by Crippen LogP contribution is 2.25. The Hall–Kier alpha value is -1.75. The number of carbonyl (C=O) groups excluding carboxylic acids is 1. The fraction of sp³-hybridized carbons (Fsp3) is 0.562. The summed E-state index contributed by atoms with van der Waals surface area (Å²) in [5.74, 6) is 0.185. The molecule has 1 aliphatic rings. The minimum Gasteiger partial charge on any atom is -0.393 e. The van der Waals surface area contributed by atoms with Crippen LogP contribution in [0.2, 0.25) is 0 Å². The number of nitrogens with one attached hydrogen (secondary N) is 2. The molecule has 2 atom stereocenters. The number of para-hydroxylation sites is 2. The quantitative estimate of drug-likeness (QED) is 0.780. The highest BCUT2D eigenvalue weighted by Gasteiger charge is 2.25. The third-order valence-corrected chi connectivity index (χ3v) is 4.18. The second-order valence-electron chi connectivity index (χ2n) is 5.62. The molecule has 0 aromatic heterocycles. The van der Waals surface area contributed by atoms with Gasteiger partial charge in [0.1, 0.15) is 0 Å². The smallest absolute Gasteiger partial charge is 0.319 e. The molecule has 116 valence electrons. The van der Waals surface area contributed by atoms with E-state index in [1.54, 1.807) is 0 Å². The van der Waals surface area contributed by atoms with Crippen LogP contribution in [-0.2, 0) is 0 Å². The van der Waals surface area contributed by atoms with Gasteiger partial charge in [-0.15, -0.1) is 0 Å². The third-order valence-electron chi connectivity index (χ3n) is 4.18. The number of rotatable bonds is 5. The number of hydrogen-bond acceptors (Lipinski definition) is 3. The van der Waals surface area contributed by atoms with Crippen LogP contribution < -0.4 is 15.5 Å². The zero-order valence-electron chi connectivity index (χ0n) is 12.8. The van der Waals surface area contributed by atoms with Crippen LogP contribution in [0.15, 0.2) is 24.3 Å². The highest BCUT2D eigenvalue weighted by molar-refractivity contribution is 5.93. The summed E-state index contributed by atoms with van der Waals surface area (Å²) < 4.78 is 0. The molecule has 21 heavy (non-hydrogen) atoms. The van der Waals surface area contributed by atoms with E-state index in [1.807, 2.05) is 31.3 Å². The number of carbonyl (C=O) groups is 1. The van der Waals surface area contributed by atoms with E-state index in [0.717, 1.165) is 37.2 Å². The zero-order valence-corrected chi connectivity index (χ0v) is 12.8. The van der Waals surface area contributed by atoms with Gasteiger partial charge in [-0.05, 0) is 31.9 Å². The number of hydrogen-bond donors (Lipinski definition) is 3. The van der Waals surface area contributed by atoms with E-state index in [2.05, 4.69) is 22.5 Å². The van der Waals surface area contributed by atoms with Gasteiger partial charge in [-0.1, -0.05) is 18.6 Å². The third kappa shape index (κ3) is 4.11. The molecule has 3 N–H and O–H groups in total. The van der Waals surface area contributed by atoms with Gasteiger partial charge < -0.3 is 20.6 Å². The van der Waals surface area contributed by atoms with E-state index < -0.39 is 0 Å². The number of anilines is 2. The summed E-state index contributed by atoms with van der Waals surface area (Å²) in [7, 11) is 1.99. The number of aliphatic hydroxyl groups is 1. The molecular weight excluding hydrogens is 266 g/mol. The first-order valence-corrected chi connectivity index (χ1v) is 7.65. The lowest BCUT2D eigenvalue weighted by Crippen LogP contribution is -2.35. The first-order valence-electron chi connectivity index (χ1n) is 7.65. The Morgan fingerprint density at radius 2 is 2.14 bits per heavy atom. The van der Waals surface area contributed by atoms with E-state index in [0.29, 0.717) is 6.54 Å². The lowest BCUT2D eigenvalue weighted by Gasteiger charge is -2.21. The SMILES string of the molecule is CCN(C)c1ccccc1NC(=O)NC[C@H]1CCC[C@@H]1O. The lowest BCUT2D eigenvalue weighted by molar-refractivity contribution is 0.133. The second-order valence-corrected chi connectivity index (χ2v) is 5.62. The van der Waals surface area contributed by atoms with Gasteiger partial charge in [0.25, 0.3) is 0 Å². The molecule has 0 spiro atoms. The van der Waals surface area contributed by atoms with Crippen molar-refractivity contribution in [3.8, 4) is 0 Å². The summed E-state index contributed by atoms with van der Waals surface area (Å²) in [6.07, 6.45) is 2.59. The monoisotopic (exact) mass is 291 g/mol. The average molecular weight is 291 g/mol. The molecule has 0 bridgehead atoms. The molecule has 0 saturated heterocycles. The molecule has 2 rings (SSSR count). The number of aliphatic hydroxyl groups excluding tert-OH is 1. The number of amides is 2. The first kappa shape index (κ1) is 15.6. The van der Waals surface area contributed by atoms with Gasteiger partial charge in [0.15, 0.2) is 0 Å². The van der Waals surface area contributed by atoms with Crippen molar-refractivity contribution in [2.24, 2.45) is 5.92 Å². The molecular formula is C16H25N3O2.